The summed E-state index contributed by atoms with van der Waals surface area (Å²) in [5, 5.41) is 5.98. The van der Waals surface area contributed by atoms with E-state index in [1.165, 1.54) is 11.8 Å². The fourth-order valence-electron chi connectivity index (χ4n) is 2.12. The number of benzene rings is 2. The number of rotatable bonds is 3. The maximum absolute atomic E-state index is 12.4. The third kappa shape index (κ3) is 4.37. The van der Waals surface area contributed by atoms with E-state index in [2.05, 4.69) is 15.6 Å². The van der Waals surface area contributed by atoms with Crippen LogP contribution in [0, 0.1) is 0 Å². The third-order valence-corrected chi connectivity index (χ3v) is 4.60. The molecule has 3 rings (SSSR count). The molecule has 122 valence electrons. The predicted octanol–water partition coefficient (Wildman–Crippen LogP) is 3.59. The number of amides is 2. The fraction of sp³-hybridized carbons (Fsp3) is 0.118. The molecule has 5 nitrogen and oxygen atoms in total. The molecule has 0 aliphatic carbocycles. The fourth-order valence-corrected chi connectivity index (χ4v) is 3.25. The van der Waals surface area contributed by atoms with Crippen LogP contribution in [-0.4, -0.2) is 22.2 Å². The third-order valence-electron chi connectivity index (χ3n) is 3.26. The molecule has 1 fully saturated rings. The molecule has 1 atom stereocenters. The molecule has 2 N–H and O–H groups in total. The summed E-state index contributed by atoms with van der Waals surface area (Å²) in [7, 11) is 0. The Morgan fingerprint density at radius 2 is 1.88 bits per heavy atom. The van der Waals surface area contributed by atoms with Gasteiger partial charge in [-0.1, -0.05) is 41.6 Å². The topological polar surface area (TPSA) is 70.6 Å². The molecule has 2 aromatic carbocycles. The van der Waals surface area contributed by atoms with Crippen molar-refractivity contribution in [2.24, 2.45) is 4.99 Å². The van der Waals surface area contributed by atoms with Crippen LogP contribution in [-0.2, 0) is 9.59 Å². The van der Waals surface area contributed by atoms with Gasteiger partial charge in [0.1, 0.15) is 5.25 Å². The van der Waals surface area contributed by atoms with Gasteiger partial charge in [0.05, 0.1) is 5.69 Å². The number of amidine groups is 1. The number of nitrogens with one attached hydrogen (secondary N) is 2. The Morgan fingerprint density at radius 1 is 1.17 bits per heavy atom. The van der Waals surface area contributed by atoms with Crippen LogP contribution in [0.1, 0.15) is 6.42 Å². The van der Waals surface area contributed by atoms with Crippen molar-refractivity contribution >= 4 is 51.7 Å². The predicted molar refractivity (Wildman–Crippen MR) is 97.8 cm³/mol. The highest BCUT2D eigenvalue weighted by atomic mass is 35.5. The number of halogens is 1. The Balaban J connectivity index is 1.71. The Hall–Kier alpha value is -2.31. The number of nitrogens with zero attached hydrogens (tertiary/aromatic N) is 1. The molecule has 1 aliphatic rings. The summed E-state index contributed by atoms with van der Waals surface area (Å²) in [6.45, 7) is 0. The van der Waals surface area contributed by atoms with Crippen LogP contribution in [0.4, 0.5) is 11.4 Å². The van der Waals surface area contributed by atoms with Gasteiger partial charge >= 0.3 is 0 Å². The van der Waals surface area contributed by atoms with Gasteiger partial charge in [-0.2, -0.15) is 0 Å². The average Bonchev–Trinajstić information content (AvgIpc) is 2.57. The van der Waals surface area contributed by atoms with Crippen molar-refractivity contribution in [1.29, 1.82) is 0 Å². The first-order valence-corrected chi connectivity index (χ1v) is 8.52. The second-order valence-electron chi connectivity index (χ2n) is 5.11. The summed E-state index contributed by atoms with van der Waals surface area (Å²) in [6.07, 6.45) is 0.109. The van der Waals surface area contributed by atoms with E-state index in [0.717, 1.165) is 5.69 Å². The molecule has 0 radical (unpaired) electrons. The van der Waals surface area contributed by atoms with Crippen molar-refractivity contribution in [2.75, 3.05) is 5.32 Å². The maximum Gasteiger partial charge on any atom is 0.238 e. The summed E-state index contributed by atoms with van der Waals surface area (Å²) in [5.41, 5.74) is 1.36. The maximum atomic E-state index is 12.4. The molecule has 0 spiro atoms. The van der Waals surface area contributed by atoms with E-state index in [-0.39, 0.29) is 18.2 Å². The van der Waals surface area contributed by atoms with Crippen molar-refractivity contribution in [3.05, 3.63) is 59.6 Å². The van der Waals surface area contributed by atoms with Crippen LogP contribution in [0.3, 0.4) is 0 Å². The van der Waals surface area contributed by atoms with Crippen molar-refractivity contribution in [1.82, 2.24) is 5.32 Å². The zero-order chi connectivity index (χ0) is 16.9. The zero-order valence-electron chi connectivity index (χ0n) is 12.5. The number of carbonyl (C=O) groups excluding carboxylic acids is 2. The van der Waals surface area contributed by atoms with Gasteiger partial charge in [-0.25, -0.2) is 4.99 Å². The normalized spacial score (nSPS) is 19.0. The van der Waals surface area contributed by atoms with Crippen molar-refractivity contribution < 1.29 is 9.59 Å². The molecule has 24 heavy (non-hydrogen) atoms. The van der Waals surface area contributed by atoms with Gasteiger partial charge in [0.25, 0.3) is 0 Å². The Kier molecular flexibility index (Phi) is 5.17. The minimum atomic E-state index is -0.531. The highest BCUT2D eigenvalue weighted by molar-refractivity contribution is 8.15. The lowest BCUT2D eigenvalue weighted by Crippen LogP contribution is -2.41. The number of hydrogen-bond acceptors (Lipinski definition) is 4. The molecular weight excluding hydrogens is 346 g/mol. The van der Waals surface area contributed by atoms with Crippen molar-refractivity contribution in [2.45, 2.75) is 11.7 Å². The van der Waals surface area contributed by atoms with Crippen molar-refractivity contribution in [3.63, 3.8) is 0 Å². The van der Waals surface area contributed by atoms with E-state index in [4.69, 9.17) is 11.6 Å². The SMILES string of the molecule is O=C1C[C@@H](C(=O)Nc2ccc(Cl)cc2)SC(=Nc2ccccc2)N1. The van der Waals surface area contributed by atoms with Crippen LogP contribution in [0.5, 0.6) is 0 Å². The molecule has 0 bridgehead atoms. The summed E-state index contributed by atoms with van der Waals surface area (Å²) >= 11 is 7.07. The number of aliphatic imine (C=N–C) groups is 1. The molecule has 2 amide bonds. The van der Waals surface area contributed by atoms with Gasteiger partial charge in [0.15, 0.2) is 5.17 Å². The van der Waals surface area contributed by atoms with E-state index in [9.17, 15) is 9.59 Å². The minimum Gasteiger partial charge on any atom is -0.325 e. The molecular formula is C17H14ClN3O2S. The number of thioether (sulfide) groups is 1. The van der Waals surface area contributed by atoms with Gasteiger partial charge in [-0.3, -0.25) is 9.59 Å². The molecule has 0 aromatic heterocycles. The Bertz CT molecular complexity index is 778. The molecule has 1 saturated heterocycles. The van der Waals surface area contributed by atoms with Crippen LogP contribution >= 0.6 is 23.4 Å². The highest BCUT2D eigenvalue weighted by Gasteiger charge is 2.30. The molecule has 2 aromatic rings. The summed E-state index contributed by atoms with van der Waals surface area (Å²) in [6, 6.07) is 16.1. The smallest absolute Gasteiger partial charge is 0.238 e. The largest absolute Gasteiger partial charge is 0.325 e. The molecule has 1 heterocycles. The van der Waals surface area contributed by atoms with Crippen LogP contribution in [0.15, 0.2) is 59.6 Å². The second-order valence-corrected chi connectivity index (χ2v) is 6.74. The van der Waals surface area contributed by atoms with E-state index in [1.807, 2.05) is 30.3 Å². The molecule has 0 unspecified atom stereocenters. The lowest BCUT2D eigenvalue weighted by Gasteiger charge is -2.22. The van der Waals surface area contributed by atoms with Crippen LogP contribution < -0.4 is 10.6 Å². The lowest BCUT2D eigenvalue weighted by atomic mass is 10.2. The van der Waals surface area contributed by atoms with Gasteiger partial charge in [-0.15, -0.1) is 0 Å². The number of anilines is 1. The van der Waals surface area contributed by atoms with E-state index >= 15 is 0 Å². The summed E-state index contributed by atoms with van der Waals surface area (Å²) < 4.78 is 0. The van der Waals surface area contributed by atoms with E-state index < -0.39 is 5.25 Å². The van der Waals surface area contributed by atoms with Crippen LogP contribution in [0.25, 0.3) is 0 Å². The highest BCUT2D eigenvalue weighted by Crippen LogP contribution is 2.25. The zero-order valence-corrected chi connectivity index (χ0v) is 14.1. The first kappa shape index (κ1) is 16.5. The molecule has 1 aliphatic heterocycles. The Morgan fingerprint density at radius 3 is 2.58 bits per heavy atom. The minimum absolute atomic E-state index is 0.109. The number of hydrogen-bond donors (Lipinski definition) is 2. The monoisotopic (exact) mass is 359 g/mol. The average molecular weight is 360 g/mol. The van der Waals surface area contributed by atoms with Gasteiger partial charge in [0.2, 0.25) is 11.8 Å². The lowest BCUT2D eigenvalue weighted by molar-refractivity contribution is -0.123. The first-order valence-electron chi connectivity index (χ1n) is 7.27. The standard InChI is InChI=1S/C17H14ClN3O2S/c18-11-6-8-13(9-7-11)19-16(23)14-10-15(22)21-17(24-14)20-12-4-2-1-3-5-12/h1-9,14H,10H2,(H,19,23)(H,20,21,22)/t14-/m0/s1. The Labute approximate surface area is 148 Å². The second kappa shape index (κ2) is 7.51. The summed E-state index contributed by atoms with van der Waals surface area (Å²) in [4.78, 5) is 28.6. The number of carbonyl (C=O) groups is 2. The van der Waals surface area contributed by atoms with E-state index in [0.29, 0.717) is 15.9 Å². The van der Waals surface area contributed by atoms with Crippen LogP contribution in [0.2, 0.25) is 5.02 Å². The number of para-hydroxylation sites is 1. The first-order chi connectivity index (χ1) is 11.6. The quantitative estimate of drug-likeness (QED) is 0.879. The molecule has 7 heteroatoms. The van der Waals surface area contributed by atoms with Gasteiger partial charge in [0, 0.05) is 17.1 Å². The van der Waals surface area contributed by atoms with Gasteiger partial charge in [-0.05, 0) is 36.4 Å². The van der Waals surface area contributed by atoms with Crippen molar-refractivity contribution in [3.8, 4) is 0 Å². The molecule has 0 saturated carbocycles. The van der Waals surface area contributed by atoms with Gasteiger partial charge < -0.3 is 10.6 Å². The van der Waals surface area contributed by atoms with E-state index in [1.54, 1.807) is 24.3 Å². The summed E-state index contributed by atoms with van der Waals surface area (Å²) in [5.74, 6) is -0.461.